The smallest absolute Gasteiger partial charge is 0.410 e. The maximum Gasteiger partial charge on any atom is 0.410 e. The topological polar surface area (TPSA) is 98.9 Å². The van der Waals surface area contributed by atoms with Gasteiger partial charge in [0.25, 0.3) is 11.8 Å². The lowest BCUT2D eigenvalue weighted by molar-refractivity contribution is -0.918. The second-order valence-corrected chi connectivity index (χ2v) is 6.94. The molecule has 0 saturated carbocycles. The molecule has 1 saturated heterocycles. The Hall–Kier alpha value is -3.20. The predicted octanol–water partition coefficient (Wildman–Crippen LogP) is 1.56. The molecular formula is C20H24N5O4+. The summed E-state index contributed by atoms with van der Waals surface area (Å²) in [4.78, 5) is 14.8. The zero-order chi connectivity index (χ0) is 20.2. The van der Waals surface area contributed by atoms with Gasteiger partial charge in [0, 0.05) is 5.56 Å². The number of hydrogen-bond acceptors (Lipinski definition) is 7. The number of rotatable bonds is 5. The number of aromatic nitrogens is 3. The van der Waals surface area contributed by atoms with Gasteiger partial charge in [-0.1, -0.05) is 35.5 Å². The van der Waals surface area contributed by atoms with Gasteiger partial charge in [-0.15, -0.1) is 10.2 Å². The minimum Gasteiger partial charge on any atom is -0.450 e. The van der Waals surface area contributed by atoms with Gasteiger partial charge in [0.2, 0.25) is 0 Å². The zero-order valence-corrected chi connectivity index (χ0v) is 16.6. The first-order valence-corrected chi connectivity index (χ1v) is 9.75. The Morgan fingerprint density at radius 2 is 1.97 bits per heavy atom. The van der Waals surface area contributed by atoms with Crippen molar-refractivity contribution in [3.63, 3.8) is 0 Å². The second kappa shape index (κ2) is 8.44. The second-order valence-electron chi connectivity index (χ2n) is 6.94. The van der Waals surface area contributed by atoms with Crippen LogP contribution in [0.25, 0.3) is 22.7 Å². The Morgan fingerprint density at radius 1 is 1.21 bits per heavy atom. The summed E-state index contributed by atoms with van der Waals surface area (Å²) in [5.74, 6) is 1.59. The van der Waals surface area contributed by atoms with Crippen LogP contribution in [0, 0.1) is 6.92 Å². The fourth-order valence-electron chi connectivity index (χ4n) is 3.45. The number of quaternary nitrogens is 1. The van der Waals surface area contributed by atoms with Crippen molar-refractivity contribution in [2.45, 2.75) is 20.4 Å². The largest absolute Gasteiger partial charge is 0.450 e. The molecule has 152 valence electrons. The van der Waals surface area contributed by atoms with Crippen LogP contribution >= 0.6 is 0 Å². The van der Waals surface area contributed by atoms with Gasteiger partial charge >= 0.3 is 6.09 Å². The van der Waals surface area contributed by atoms with Gasteiger partial charge in [-0.3, -0.25) is 4.90 Å². The lowest BCUT2D eigenvalue weighted by atomic mass is 10.1. The quantitative estimate of drug-likeness (QED) is 0.696. The number of nitrogens with one attached hydrogen (secondary N) is 1. The highest BCUT2D eigenvalue weighted by Crippen LogP contribution is 2.33. The fourth-order valence-corrected chi connectivity index (χ4v) is 3.45. The van der Waals surface area contributed by atoms with Gasteiger partial charge in [-0.2, -0.15) is 0 Å². The van der Waals surface area contributed by atoms with Crippen molar-refractivity contribution in [3.05, 3.63) is 42.0 Å². The van der Waals surface area contributed by atoms with Crippen LogP contribution in [0.3, 0.4) is 0 Å². The maximum atomic E-state index is 11.8. The van der Waals surface area contributed by atoms with Crippen LogP contribution in [0.2, 0.25) is 0 Å². The van der Waals surface area contributed by atoms with Crippen molar-refractivity contribution >= 4 is 6.09 Å². The summed E-state index contributed by atoms with van der Waals surface area (Å²) < 4.78 is 16.4. The Kier molecular flexibility index (Phi) is 5.57. The number of hydrogen-bond donors (Lipinski definition) is 1. The Morgan fingerprint density at radius 3 is 2.69 bits per heavy atom. The molecular weight excluding hydrogens is 374 g/mol. The van der Waals surface area contributed by atoms with Crippen LogP contribution in [0.1, 0.15) is 18.6 Å². The third kappa shape index (κ3) is 4.14. The summed E-state index contributed by atoms with van der Waals surface area (Å²) in [7, 11) is 0. The molecule has 29 heavy (non-hydrogen) atoms. The Balaban J connectivity index is 1.44. The van der Waals surface area contributed by atoms with Gasteiger partial charge in [0.05, 0.1) is 32.8 Å². The molecule has 1 aromatic carbocycles. The maximum absolute atomic E-state index is 11.8. The fraction of sp³-hybridized carbons (Fsp3) is 0.400. The van der Waals surface area contributed by atoms with Gasteiger partial charge in [0.15, 0.2) is 6.54 Å². The molecule has 0 aliphatic carbocycles. The van der Waals surface area contributed by atoms with Crippen LogP contribution in [0.5, 0.6) is 0 Å². The number of ether oxygens (including phenoxy) is 1. The first-order valence-electron chi connectivity index (χ1n) is 9.75. The SMILES string of the molecule is CCOC(=O)N1CC[NH+](Cc2nnc(-c3c(-c4ccccc4)noc3C)o2)CC1. The average Bonchev–Trinajstić information content (AvgIpc) is 3.35. The normalized spacial score (nSPS) is 14.9. The molecule has 9 heteroatoms. The number of carbonyl (C=O) groups is 1. The lowest BCUT2D eigenvalue weighted by Crippen LogP contribution is -3.13. The van der Waals surface area contributed by atoms with Crippen molar-refractivity contribution in [2.24, 2.45) is 0 Å². The van der Waals surface area contributed by atoms with Crippen LogP contribution in [-0.2, 0) is 11.3 Å². The summed E-state index contributed by atoms with van der Waals surface area (Å²) >= 11 is 0. The minimum absolute atomic E-state index is 0.247. The van der Waals surface area contributed by atoms with E-state index in [4.69, 9.17) is 13.7 Å². The van der Waals surface area contributed by atoms with Crippen molar-refractivity contribution in [1.29, 1.82) is 0 Å². The monoisotopic (exact) mass is 398 g/mol. The molecule has 0 radical (unpaired) electrons. The molecule has 3 heterocycles. The molecule has 1 N–H and O–H groups in total. The van der Waals surface area contributed by atoms with Crippen molar-refractivity contribution in [2.75, 3.05) is 32.8 Å². The van der Waals surface area contributed by atoms with Crippen LogP contribution < -0.4 is 4.90 Å². The van der Waals surface area contributed by atoms with E-state index in [-0.39, 0.29) is 6.09 Å². The first-order chi connectivity index (χ1) is 14.2. The summed E-state index contributed by atoms with van der Waals surface area (Å²) in [5.41, 5.74) is 2.34. The van der Waals surface area contributed by atoms with E-state index in [1.807, 2.05) is 44.2 Å². The molecule has 0 spiro atoms. The van der Waals surface area contributed by atoms with Gasteiger partial charge < -0.3 is 18.6 Å². The molecule has 9 nitrogen and oxygen atoms in total. The number of benzene rings is 1. The molecule has 1 amide bonds. The Bertz CT molecular complexity index is 960. The van der Waals surface area contributed by atoms with Crippen LogP contribution in [0.4, 0.5) is 4.79 Å². The number of amides is 1. The molecule has 3 aromatic rings. The molecule has 4 rings (SSSR count). The molecule has 2 aromatic heterocycles. The van der Waals surface area contributed by atoms with Crippen LogP contribution in [-0.4, -0.2) is 59.1 Å². The van der Waals surface area contributed by atoms with Crippen molar-refractivity contribution < 1.29 is 23.4 Å². The number of carbonyl (C=O) groups excluding carboxylic acids is 1. The van der Waals surface area contributed by atoms with E-state index in [1.54, 1.807) is 4.90 Å². The van der Waals surface area contributed by atoms with Gasteiger partial charge in [-0.25, -0.2) is 4.79 Å². The highest BCUT2D eigenvalue weighted by atomic mass is 16.6. The Labute approximate surface area is 168 Å². The van der Waals surface area contributed by atoms with E-state index in [0.29, 0.717) is 49.5 Å². The highest BCUT2D eigenvalue weighted by Gasteiger charge is 2.27. The minimum atomic E-state index is -0.247. The van der Waals surface area contributed by atoms with Gasteiger partial charge in [0.1, 0.15) is 17.0 Å². The van der Waals surface area contributed by atoms with E-state index < -0.39 is 0 Å². The molecule has 0 atom stereocenters. The van der Waals surface area contributed by atoms with E-state index in [9.17, 15) is 4.79 Å². The van der Waals surface area contributed by atoms with Crippen molar-refractivity contribution in [1.82, 2.24) is 20.3 Å². The van der Waals surface area contributed by atoms with E-state index in [0.717, 1.165) is 24.2 Å². The summed E-state index contributed by atoms with van der Waals surface area (Å²) in [6.07, 6.45) is -0.247. The molecule has 1 aliphatic rings. The average molecular weight is 398 g/mol. The molecule has 0 unspecified atom stereocenters. The van der Waals surface area contributed by atoms with E-state index >= 15 is 0 Å². The summed E-state index contributed by atoms with van der Waals surface area (Å²) in [6.45, 7) is 7.55. The predicted molar refractivity (Wildman–Crippen MR) is 103 cm³/mol. The third-order valence-corrected chi connectivity index (χ3v) is 4.99. The van der Waals surface area contributed by atoms with E-state index in [2.05, 4.69) is 15.4 Å². The summed E-state index contributed by atoms with van der Waals surface area (Å²) in [6, 6.07) is 9.77. The standard InChI is InChI=1S/C20H23N5O4/c1-3-27-20(26)25-11-9-24(10-12-25)13-16-21-22-19(28-16)17-14(2)29-23-18(17)15-7-5-4-6-8-15/h4-8H,3,9-13H2,1-2H3/p+1. The highest BCUT2D eigenvalue weighted by molar-refractivity contribution is 5.77. The molecule has 1 aliphatic heterocycles. The zero-order valence-electron chi connectivity index (χ0n) is 16.6. The van der Waals surface area contributed by atoms with Crippen LogP contribution in [0.15, 0.2) is 39.3 Å². The lowest BCUT2D eigenvalue weighted by Gasteiger charge is -2.30. The molecule has 1 fully saturated rings. The number of nitrogens with zero attached hydrogens (tertiary/aromatic N) is 4. The third-order valence-electron chi connectivity index (χ3n) is 4.99. The van der Waals surface area contributed by atoms with E-state index in [1.165, 1.54) is 4.90 Å². The molecule has 0 bridgehead atoms. The van der Waals surface area contributed by atoms with Gasteiger partial charge in [-0.05, 0) is 13.8 Å². The van der Waals surface area contributed by atoms with Crippen molar-refractivity contribution in [3.8, 4) is 22.7 Å². The first kappa shape index (κ1) is 19.1. The number of aryl methyl sites for hydroxylation is 1. The summed E-state index contributed by atoms with van der Waals surface area (Å²) in [5, 5.41) is 12.6. The number of piperazine rings is 1.